The van der Waals surface area contributed by atoms with Gasteiger partial charge in [-0.1, -0.05) is 0 Å². The second-order valence-corrected chi connectivity index (χ2v) is 5.58. The van der Waals surface area contributed by atoms with Crippen LogP contribution in [0.3, 0.4) is 0 Å². The third-order valence-corrected chi connectivity index (χ3v) is 2.01. The first kappa shape index (κ1) is 17.5. The van der Waals surface area contributed by atoms with Crippen LogP contribution in [0.25, 0.3) is 0 Å². The smallest absolute Gasteiger partial charge is 0.407 e. The average Bonchev–Trinajstić information content (AvgIpc) is 2.11. The molecule has 0 aliphatic heterocycles. The van der Waals surface area contributed by atoms with Gasteiger partial charge in [-0.2, -0.15) is 0 Å². The van der Waals surface area contributed by atoms with Crippen LogP contribution >= 0.6 is 0 Å². The van der Waals surface area contributed by atoms with Crippen LogP contribution in [0.4, 0.5) is 9.59 Å². The van der Waals surface area contributed by atoms with Crippen LogP contribution < -0.4 is 5.32 Å². The lowest BCUT2D eigenvalue weighted by Crippen LogP contribution is -2.47. The second kappa shape index (κ2) is 7.18. The van der Waals surface area contributed by atoms with Gasteiger partial charge in [0.25, 0.3) is 0 Å². The molecule has 0 saturated carbocycles. The third-order valence-electron chi connectivity index (χ3n) is 2.01. The molecule has 0 aromatic carbocycles. The molecule has 0 fully saturated rings. The Bertz CT molecular complexity index is 312. The average molecular weight is 276 g/mol. The van der Waals surface area contributed by atoms with Gasteiger partial charge in [0.15, 0.2) is 0 Å². The maximum Gasteiger partial charge on any atom is 0.407 e. The van der Waals surface area contributed by atoms with E-state index in [4.69, 9.17) is 9.84 Å². The van der Waals surface area contributed by atoms with Crippen LogP contribution in [0, 0.1) is 0 Å². The number of aliphatic hydroxyl groups excluding tert-OH is 1. The summed E-state index contributed by atoms with van der Waals surface area (Å²) in [6.07, 6.45) is -2.49. The molecule has 2 amide bonds. The molecule has 7 heteroatoms. The summed E-state index contributed by atoms with van der Waals surface area (Å²) in [5.74, 6) is 0. The maximum atomic E-state index is 11.5. The molecule has 0 aromatic heterocycles. The van der Waals surface area contributed by atoms with Crippen molar-refractivity contribution in [2.75, 3.05) is 13.1 Å². The lowest BCUT2D eigenvalue weighted by molar-refractivity contribution is 0.0486. The van der Waals surface area contributed by atoms with Gasteiger partial charge in [0.05, 0.1) is 6.10 Å². The molecule has 0 saturated heterocycles. The van der Waals surface area contributed by atoms with Crippen molar-refractivity contribution in [1.82, 2.24) is 10.2 Å². The molecule has 7 nitrogen and oxygen atoms in total. The van der Waals surface area contributed by atoms with Crippen LogP contribution in [0.5, 0.6) is 0 Å². The molecule has 0 radical (unpaired) electrons. The Hall–Kier alpha value is -1.50. The Morgan fingerprint density at radius 1 is 1.26 bits per heavy atom. The molecule has 112 valence electrons. The second-order valence-electron chi connectivity index (χ2n) is 5.58. The molecule has 3 N–H and O–H groups in total. The lowest BCUT2D eigenvalue weighted by Gasteiger charge is -2.26. The summed E-state index contributed by atoms with van der Waals surface area (Å²) in [5, 5.41) is 20.7. The van der Waals surface area contributed by atoms with E-state index in [-0.39, 0.29) is 13.1 Å². The molecule has 0 aliphatic carbocycles. The molecule has 0 heterocycles. The van der Waals surface area contributed by atoms with Crippen molar-refractivity contribution in [2.45, 2.75) is 52.4 Å². The summed E-state index contributed by atoms with van der Waals surface area (Å²) < 4.78 is 5.07. The molecule has 0 unspecified atom stereocenters. The zero-order chi connectivity index (χ0) is 15.2. The number of nitrogens with one attached hydrogen (secondary N) is 1. The normalized spacial score (nSPS) is 14.4. The van der Waals surface area contributed by atoms with Crippen LogP contribution in [0.2, 0.25) is 0 Å². The van der Waals surface area contributed by atoms with Crippen LogP contribution in [0.15, 0.2) is 0 Å². The first-order chi connectivity index (χ1) is 8.51. The molecular formula is C12H24N2O5. The largest absolute Gasteiger partial charge is 0.465 e. The number of hydrogen-bond acceptors (Lipinski definition) is 4. The van der Waals surface area contributed by atoms with Gasteiger partial charge < -0.3 is 25.2 Å². The van der Waals surface area contributed by atoms with Crippen molar-refractivity contribution < 1.29 is 24.5 Å². The van der Waals surface area contributed by atoms with Crippen molar-refractivity contribution >= 4 is 12.2 Å². The molecule has 19 heavy (non-hydrogen) atoms. The maximum absolute atomic E-state index is 11.5. The number of ether oxygens (including phenoxy) is 1. The number of aliphatic hydroxyl groups is 1. The van der Waals surface area contributed by atoms with E-state index in [1.807, 2.05) is 0 Å². The Kier molecular flexibility index (Phi) is 6.61. The minimum absolute atomic E-state index is 0.00429. The predicted octanol–water partition coefficient (Wildman–Crippen LogP) is 1.26. The Morgan fingerprint density at radius 2 is 1.79 bits per heavy atom. The van der Waals surface area contributed by atoms with E-state index in [1.54, 1.807) is 27.7 Å². The van der Waals surface area contributed by atoms with E-state index in [9.17, 15) is 14.7 Å². The summed E-state index contributed by atoms with van der Waals surface area (Å²) >= 11 is 0. The fourth-order valence-electron chi connectivity index (χ4n) is 1.43. The Balaban J connectivity index is 4.30. The molecule has 0 rings (SSSR count). The van der Waals surface area contributed by atoms with Gasteiger partial charge in [0, 0.05) is 19.1 Å². The Morgan fingerprint density at radius 3 is 2.16 bits per heavy atom. The summed E-state index contributed by atoms with van der Waals surface area (Å²) in [4.78, 5) is 23.5. The number of amides is 2. The van der Waals surface area contributed by atoms with Crippen molar-refractivity contribution in [3.63, 3.8) is 0 Å². The molecule has 2 atom stereocenters. The topological polar surface area (TPSA) is 99.1 Å². The minimum atomic E-state index is -1.14. The number of alkyl carbamates (subject to hydrolysis) is 1. The highest BCUT2D eigenvalue weighted by Gasteiger charge is 2.21. The van der Waals surface area contributed by atoms with E-state index in [0.29, 0.717) is 0 Å². The number of carboxylic acid groups (broad SMARTS) is 1. The standard InChI is InChI=1S/C12H24N2O5/c1-8(13-10(16)19-12(3,4)5)6-14(11(17)18)7-9(2)15/h8-9,15H,6-7H2,1-5H3,(H,13,16)(H,17,18)/t8-,9+/m0/s1. The van der Waals surface area contributed by atoms with Crippen LogP contribution in [-0.4, -0.2) is 58.1 Å². The summed E-state index contributed by atoms with van der Waals surface area (Å²) in [5.41, 5.74) is -0.601. The zero-order valence-corrected chi connectivity index (χ0v) is 12.1. The molecule has 0 spiro atoms. The van der Waals surface area contributed by atoms with Gasteiger partial charge in [-0.15, -0.1) is 0 Å². The molecule has 0 bridgehead atoms. The quantitative estimate of drug-likeness (QED) is 0.702. The first-order valence-electron chi connectivity index (χ1n) is 6.16. The van der Waals surface area contributed by atoms with Gasteiger partial charge in [0.1, 0.15) is 5.60 Å². The number of carbonyl (C=O) groups excluding carboxylic acids is 1. The van der Waals surface area contributed by atoms with Gasteiger partial charge in [-0.3, -0.25) is 0 Å². The van der Waals surface area contributed by atoms with E-state index >= 15 is 0 Å². The highest BCUT2D eigenvalue weighted by atomic mass is 16.6. The van der Waals surface area contributed by atoms with Gasteiger partial charge in [-0.25, -0.2) is 9.59 Å². The zero-order valence-electron chi connectivity index (χ0n) is 12.1. The SMILES string of the molecule is C[C@@H](O)CN(C[C@H](C)NC(=O)OC(C)(C)C)C(=O)O. The number of nitrogens with zero attached hydrogens (tertiary/aromatic N) is 1. The van der Waals surface area contributed by atoms with Gasteiger partial charge >= 0.3 is 12.2 Å². The summed E-state index contributed by atoms with van der Waals surface area (Å²) in [6, 6.07) is -0.412. The first-order valence-corrected chi connectivity index (χ1v) is 6.16. The number of carbonyl (C=O) groups is 2. The van der Waals surface area contributed by atoms with Gasteiger partial charge in [-0.05, 0) is 34.6 Å². The van der Waals surface area contributed by atoms with E-state index in [2.05, 4.69) is 5.32 Å². The summed E-state index contributed by atoms with van der Waals surface area (Å²) in [6.45, 7) is 8.48. The lowest BCUT2D eigenvalue weighted by atomic mass is 10.2. The van der Waals surface area contributed by atoms with Crippen molar-refractivity contribution in [2.24, 2.45) is 0 Å². The minimum Gasteiger partial charge on any atom is -0.465 e. The fraction of sp³-hybridized carbons (Fsp3) is 0.833. The van der Waals surface area contributed by atoms with Crippen LogP contribution in [0.1, 0.15) is 34.6 Å². The Labute approximate surface area is 113 Å². The van der Waals surface area contributed by atoms with Crippen molar-refractivity contribution in [3.8, 4) is 0 Å². The monoisotopic (exact) mass is 276 g/mol. The van der Waals surface area contributed by atoms with Crippen LogP contribution in [-0.2, 0) is 4.74 Å². The molecule has 0 aliphatic rings. The van der Waals surface area contributed by atoms with E-state index in [0.717, 1.165) is 4.90 Å². The third kappa shape index (κ3) is 9.12. The predicted molar refractivity (Wildman–Crippen MR) is 70.1 cm³/mol. The molecule has 0 aromatic rings. The fourth-order valence-corrected chi connectivity index (χ4v) is 1.43. The molecular weight excluding hydrogens is 252 g/mol. The highest BCUT2D eigenvalue weighted by molar-refractivity contribution is 5.68. The highest BCUT2D eigenvalue weighted by Crippen LogP contribution is 2.07. The summed E-state index contributed by atoms with van der Waals surface area (Å²) in [7, 11) is 0. The van der Waals surface area contributed by atoms with E-state index < -0.39 is 29.9 Å². The number of rotatable bonds is 5. The van der Waals surface area contributed by atoms with Crippen molar-refractivity contribution in [3.05, 3.63) is 0 Å². The van der Waals surface area contributed by atoms with Gasteiger partial charge in [0.2, 0.25) is 0 Å². The van der Waals surface area contributed by atoms with Crippen molar-refractivity contribution in [1.29, 1.82) is 0 Å². The van der Waals surface area contributed by atoms with E-state index in [1.165, 1.54) is 6.92 Å². The number of hydrogen-bond donors (Lipinski definition) is 3.